The minimum atomic E-state index is -0.131. The van der Waals surface area contributed by atoms with Gasteiger partial charge in [-0.1, -0.05) is 32.0 Å². The van der Waals surface area contributed by atoms with Crippen molar-refractivity contribution < 1.29 is 4.79 Å². The van der Waals surface area contributed by atoms with E-state index in [4.69, 9.17) is 0 Å². The van der Waals surface area contributed by atoms with Gasteiger partial charge in [-0.25, -0.2) is 0 Å². The van der Waals surface area contributed by atoms with Crippen molar-refractivity contribution in [2.45, 2.75) is 39.7 Å². The third-order valence-electron chi connectivity index (χ3n) is 3.17. The molecule has 1 rings (SSSR count). The molecule has 0 bridgehead atoms. The van der Waals surface area contributed by atoms with Gasteiger partial charge < -0.3 is 0 Å². The van der Waals surface area contributed by atoms with Crippen LogP contribution in [0.4, 0.5) is 0 Å². The smallest absolute Gasteiger partial charge is 0.151 e. The van der Waals surface area contributed by atoms with E-state index < -0.39 is 0 Å². The summed E-state index contributed by atoms with van der Waals surface area (Å²) in [6.45, 7) is 8.07. The van der Waals surface area contributed by atoms with Crippen LogP contribution in [-0.2, 0) is 4.79 Å². The van der Waals surface area contributed by atoms with Crippen LogP contribution in [0, 0.1) is 6.92 Å². The summed E-state index contributed by atoms with van der Waals surface area (Å²) in [5, 5.41) is 0. The van der Waals surface area contributed by atoms with Crippen LogP contribution in [0.1, 0.15) is 49.4 Å². The first-order valence-electron chi connectivity index (χ1n) is 6.12. The number of carbonyl (C=O) groups excluding carboxylic acids is 1. The van der Waals surface area contributed by atoms with Crippen LogP contribution in [0.15, 0.2) is 18.2 Å². The zero-order chi connectivity index (χ0) is 13.2. The van der Waals surface area contributed by atoms with E-state index in [1.807, 2.05) is 19.0 Å². The first-order chi connectivity index (χ1) is 7.84. The first-order valence-corrected chi connectivity index (χ1v) is 6.12. The number of Topliss-reactive ketones (excluding diaryl/α,β-unsaturated/α-hetero) is 1. The maximum absolute atomic E-state index is 11.8. The fourth-order valence-electron chi connectivity index (χ4n) is 2.17. The Bertz CT molecular complexity index is 407. The largest absolute Gasteiger partial charge is 0.298 e. The molecule has 0 aliphatic rings. The van der Waals surface area contributed by atoms with E-state index in [0.717, 1.165) is 5.56 Å². The second kappa shape index (κ2) is 5.46. The van der Waals surface area contributed by atoms with Gasteiger partial charge in [-0.3, -0.25) is 9.69 Å². The van der Waals surface area contributed by atoms with E-state index in [9.17, 15) is 4.79 Å². The topological polar surface area (TPSA) is 20.3 Å². The molecule has 2 nitrogen and oxygen atoms in total. The Kier molecular flexibility index (Phi) is 4.47. The SMILES string of the molecule is CC(=O)C(c1cc(C(C)C)ccc1C)N(C)C. The second-order valence-electron chi connectivity index (χ2n) is 5.25. The Labute approximate surface area is 105 Å². The van der Waals surface area contributed by atoms with Crippen molar-refractivity contribution in [2.24, 2.45) is 0 Å². The lowest BCUT2D eigenvalue weighted by atomic mass is 9.92. The Balaban J connectivity index is 3.27. The number of aryl methyl sites for hydroxylation is 1. The molecule has 0 aliphatic heterocycles. The number of likely N-dealkylation sites (N-methyl/N-ethyl adjacent to an activating group) is 1. The monoisotopic (exact) mass is 233 g/mol. The number of carbonyl (C=O) groups is 1. The highest BCUT2D eigenvalue weighted by Gasteiger charge is 2.21. The van der Waals surface area contributed by atoms with Gasteiger partial charge in [0.2, 0.25) is 0 Å². The number of ketones is 1. The minimum Gasteiger partial charge on any atom is -0.298 e. The summed E-state index contributed by atoms with van der Waals surface area (Å²) in [4.78, 5) is 13.8. The summed E-state index contributed by atoms with van der Waals surface area (Å²) in [6.07, 6.45) is 0. The molecule has 0 N–H and O–H groups in total. The summed E-state index contributed by atoms with van der Waals surface area (Å²) in [6, 6.07) is 6.31. The highest BCUT2D eigenvalue weighted by atomic mass is 16.1. The molecule has 0 spiro atoms. The molecule has 17 heavy (non-hydrogen) atoms. The Morgan fingerprint density at radius 2 is 1.82 bits per heavy atom. The molecule has 0 radical (unpaired) electrons. The van der Waals surface area contributed by atoms with Gasteiger partial charge in [-0.2, -0.15) is 0 Å². The number of hydrogen-bond donors (Lipinski definition) is 0. The van der Waals surface area contributed by atoms with E-state index in [1.165, 1.54) is 11.1 Å². The maximum Gasteiger partial charge on any atom is 0.151 e. The molecule has 0 fully saturated rings. The molecule has 0 saturated heterocycles. The number of benzene rings is 1. The molecule has 0 aromatic heterocycles. The average molecular weight is 233 g/mol. The van der Waals surface area contributed by atoms with Gasteiger partial charge in [-0.05, 0) is 50.6 Å². The molecular formula is C15H23NO. The number of nitrogens with zero attached hydrogens (tertiary/aromatic N) is 1. The van der Waals surface area contributed by atoms with Crippen LogP contribution in [0.3, 0.4) is 0 Å². The zero-order valence-corrected chi connectivity index (χ0v) is 11.7. The molecule has 1 unspecified atom stereocenters. The van der Waals surface area contributed by atoms with Crippen LogP contribution in [0.25, 0.3) is 0 Å². The maximum atomic E-state index is 11.8. The van der Waals surface area contributed by atoms with Crippen LogP contribution in [0.5, 0.6) is 0 Å². The summed E-state index contributed by atoms with van der Waals surface area (Å²) < 4.78 is 0. The van der Waals surface area contributed by atoms with Crippen LogP contribution in [-0.4, -0.2) is 24.8 Å². The van der Waals surface area contributed by atoms with Crippen molar-refractivity contribution in [3.8, 4) is 0 Å². The van der Waals surface area contributed by atoms with E-state index in [-0.39, 0.29) is 11.8 Å². The van der Waals surface area contributed by atoms with E-state index in [0.29, 0.717) is 5.92 Å². The van der Waals surface area contributed by atoms with Gasteiger partial charge in [0.1, 0.15) is 0 Å². The van der Waals surface area contributed by atoms with Crippen molar-refractivity contribution in [1.82, 2.24) is 4.90 Å². The summed E-state index contributed by atoms with van der Waals surface area (Å²) in [7, 11) is 3.90. The van der Waals surface area contributed by atoms with Gasteiger partial charge >= 0.3 is 0 Å². The van der Waals surface area contributed by atoms with Gasteiger partial charge in [0.25, 0.3) is 0 Å². The normalized spacial score (nSPS) is 13.2. The predicted octanol–water partition coefficient (Wildman–Crippen LogP) is 3.31. The highest BCUT2D eigenvalue weighted by molar-refractivity contribution is 5.83. The van der Waals surface area contributed by atoms with Gasteiger partial charge in [0.15, 0.2) is 5.78 Å². The molecule has 1 aromatic carbocycles. The molecule has 2 heteroatoms. The third kappa shape index (κ3) is 3.16. The summed E-state index contributed by atoms with van der Waals surface area (Å²) in [5.74, 6) is 0.683. The zero-order valence-electron chi connectivity index (χ0n) is 11.7. The molecule has 1 atom stereocenters. The first kappa shape index (κ1) is 13.9. The molecule has 0 aliphatic carbocycles. The van der Waals surface area contributed by atoms with Gasteiger partial charge in [0.05, 0.1) is 6.04 Å². The van der Waals surface area contributed by atoms with E-state index in [1.54, 1.807) is 6.92 Å². The van der Waals surface area contributed by atoms with Crippen molar-refractivity contribution in [3.63, 3.8) is 0 Å². The predicted molar refractivity (Wildman–Crippen MR) is 72.4 cm³/mol. The fourth-order valence-corrected chi connectivity index (χ4v) is 2.17. The van der Waals surface area contributed by atoms with Crippen molar-refractivity contribution in [3.05, 3.63) is 34.9 Å². The number of hydrogen-bond acceptors (Lipinski definition) is 2. The second-order valence-corrected chi connectivity index (χ2v) is 5.25. The van der Waals surface area contributed by atoms with Crippen molar-refractivity contribution >= 4 is 5.78 Å². The van der Waals surface area contributed by atoms with Crippen LogP contribution < -0.4 is 0 Å². The Morgan fingerprint density at radius 3 is 2.24 bits per heavy atom. The fraction of sp³-hybridized carbons (Fsp3) is 0.533. The minimum absolute atomic E-state index is 0.131. The Morgan fingerprint density at radius 1 is 1.24 bits per heavy atom. The van der Waals surface area contributed by atoms with Gasteiger partial charge in [-0.15, -0.1) is 0 Å². The molecule has 0 saturated carbocycles. The lowest BCUT2D eigenvalue weighted by Crippen LogP contribution is -2.26. The van der Waals surface area contributed by atoms with Crippen molar-refractivity contribution in [1.29, 1.82) is 0 Å². The molecular weight excluding hydrogens is 210 g/mol. The molecule has 0 amide bonds. The third-order valence-corrected chi connectivity index (χ3v) is 3.17. The lowest BCUT2D eigenvalue weighted by molar-refractivity contribution is -0.121. The standard InChI is InChI=1S/C15H23NO/c1-10(2)13-8-7-11(3)14(9-13)15(12(4)17)16(5)6/h7-10,15H,1-6H3. The Hall–Kier alpha value is -1.15. The summed E-state index contributed by atoms with van der Waals surface area (Å²) >= 11 is 0. The molecule has 0 heterocycles. The highest BCUT2D eigenvalue weighted by Crippen LogP contribution is 2.26. The quantitative estimate of drug-likeness (QED) is 0.795. The van der Waals surface area contributed by atoms with E-state index >= 15 is 0 Å². The molecule has 94 valence electrons. The average Bonchev–Trinajstić information content (AvgIpc) is 2.19. The van der Waals surface area contributed by atoms with Crippen molar-refractivity contribution in [2.75, 3.05) is 14.1 Å². The molecule has 1 aromatic rings. The summed E-state index contributed by atoms with van der Waals surface area (Å²) in [5.41, 5.74) is 3.61. The van der Waals surface area contributed by atoms with Crippen LogP contribution in [0.2, 0.25) is 0 Å². The van der Waals surface area contributed by atoms with E-state index in [2.05, 4.69) is 39.0 Å². The van der Waals surface area contributed by atoms with Crippen LogP contribution >= 0.6 is 0 Å². The number of rotatable bonds is 4. The van der Waals surface area contributed by atoms with Gasteiger partial charge in [0, 0.05) is 0 Å². The lowest BCUT2D eigenvalue weighted by Gasteiger charge is -2.24.